The number of rotatable bonds is 7. The number of hydrogen-bond acceptors (Lipinski definition) is 0. The van der Waals surface area contributed by atoms with Crippen LogP contribution < -0.4 is 0 Å². The van der Waals surface area contributed by atoms with Gasteiger partial charge in [0.25, 0.3) is 0 Å². The molecule has 3 rings (SSSR count). The molecule has 0 heteroatoms. The summed E-state index contributed by atoms with van der Waals surface area (Å²) < 4.78 is 0. The minimum atomic E-state index is 1.08. The maximum absolute atomic E-state index is 3.86. The predicted molar refractivity (Wildman–Crippen MR) is 102 cm³/mol. The van der Waals surface area contributed by atoms with Gasteiger partial charge in [0.05, 0.1) is 0 Å². The molecule has 0 atom stereocenters. The van der Waals surface area contributed by atoms with Crippen LogP contribution in [0.5, 0.6) is 0 Å². The molecule has 0 saturated heterocycles. The highest BCUT2D eigenvalue weighted by atomic mass is 14.2. The molecule has 0 unspecified atom stereocenters. The Morgan fingerprint density at radius 2 is 1.87 bits per heavy atom. The van der Waals surface area contributed by atoms with E-state index in [1.807, 2.05) is 6.08 Å². The van der Waals surface area contributed by atoms with E-state index in [2.05, 4.69) is 62.0 Å². The fourth-order valence-electron chi connectivity index (χ4n) is 3.56. The van der Waals surface area contributed by atoms with E-state index in [1.54, 1.807) is 0 Å². The van der Waals surface area contributed by atoms with E-state index in [1.165, 1.54) is 52.7 Å². The smallest absolute Gasteiger partial charge is 0.000740 e. The Hall–Kier alpha value is -2.08. The molecule has 0 heterocycles. The molecular weight excluding hydrogens is 276 g/mol. The average molecular weight is 302 g/mol. The summed E-state index contributed by atoms with van der Waals surface area (Å²) in [6.07, 6.45) is 11.4. The quantitative estimate of drug-likeness (QED) is 0.332. The molecule has 0 spiro atoms. The van der Waals surface area contributed by atoms with Gasteiger partial charge in [-0.05, 0) is 65.5 Å². The molecule has 1 aliphatic carbocycles. The second-order valence-corrected chi connectivity index (χ2v) is 6.36. The van der Waals surface area contributed by atoms with Crippen LogP contribution in [0.15, 0.2) is 61.2 Å². The Kier molecular flexibility index (Phi) is 5.12. The van der Waals surface area contributed by atoms with Crippen LogP contribution in [0.2, 0.25) is 0 Å². The predicted octanol–water partition coefficient (Wildman–Crippen LogP) is 6.80. The second kappa shape index (κ2) is 7.46. The summed E-state index contributed by atoms with van der Waals surface area (Å²) in [7, 11) is 0. The summed E-state index contributed by atoms with van der Waals surface area (Å²) in [5, 5.41) is 0. The number of fused-ring (bicyclic) bond motifs is 3. The lowest BCUT2D eigenvalue weighted by Crippen LogP contribution is -1.93. The molecule has 23 heavy (non-hydrogen) atoms. The van der Waals surface area contributed by atoms with Crippen LogP contribution in [0.4, 0.5) is 0 Å². The summed E-state index contributed by atoms with van der Waals surface area (Å²) in [5.41, 5.74) is 8.84. The van der Waals surface area contributed by atoms with Gasteiger partial charge in [-0.3, -0.25) is 0 Å². The Balaban J connectivity index is 1.97. The first-order chi connectivity index (χ1) is 11.3. The fraction of sp³-hybridized carbons (Fsp3) is 0.304. The zero-order valence-electron chi connectivity index (χ0n) is 14.1. The first-order valence-corrected chi connectivity index (χ1v) is 8.85. The fourth-order valence-corrected chi connectivity index (χ4v) is 3.56. The van der Waals surface area contributed by atoms with Gasteiger partial charge in [-0.15, -0.1) is 6.58 Å². The second-order valence-electron chi connectivity index (χ2n) is 6.36. The van der Waals surface area contributed by atoms with E-state index in [0.29, 0.717) is 0 Å². The topological polar surface area (TPSA) is 0 Å². The minimum absolute atomic E-state index is 1.08. The molecule has 0 fully saturated rings. The van der Waals surface area contributed by atoms with E-state index < -0.39 is 0 Å². The summed E-state index contributed by atoms with van der Waals surface area (Å²) in [4.78, 5) is 0. The molecule has 2 aromatic carbocycles. The van der Waals surface area contributed by atoms with Gasteiger partial charge in [0.1, 0.15) is 0 Å². The van der Waals surface area contributed by atoms with E-state index in [9.17, 15) is 0 Å². The Labute approximate surface area is 140 Å². The van der Waals surface area contributed by atoms with Crippen molar-refractivity contribution >= 4 is 5.57 Å². The number of allylic oxidation sites excluding steroid dienone is 3. The minimum Gasteiger partial charge on any atom is -0.103 e. The maximum atomic E-state index is 3.86. The van der Waals surface area contributed by atoms with Gasteiger partial charge in [0.2, 0.25) is 0 Å². The van der Waals surface area contributed by atoms with Gasteiger partial charge in [-0.1, -0.05) is 68.0 Å². The Morgan fingerprint density at radius 1 is 1.04 bits per heavy atom. The van der Waals surface area contributed by atoms with E-state index in [4.69, 9.17) is 0 Å². The Morgan fingerprint density at radius 3 is 2.70 bits per heavy atom. The third-order valence-corrected chi connectivity index (χ3v) is 4.73. The summed E-state index contributed by atoms with van der Waals surface area (Å²) in [5.74, 6) is 0. The van der Waals surface area contributed by atoms with Crippen molar-refractivity contribution in [1.29, 1.82) is 0 Å². The Bertz CT molecular complexity index is 719. The summed E-state index contributed by atoms with van der Waals surface area (Å²) in [6, 6.07) is 15.7. The number of unbranched alkanes of at least 4 members (excludes halogenated alkanes) is 2. The van der Waals surface area contributed by atoms with Crippen molar-refractivity contribution in [3.63, 3.8) is 0 Å². The standard InChI is InChI=1S/C23H26/c1-3-5-7-12-18(11-6-4-2)20-15-10-16-22-21-14-9-8-13-19(21)17-23(20)22/h3,8-11,13-16H,1,4-7,12,17H2,2H3. The van der Waals surface area contributed by atoms with Gasteiger partial charge in [0, 0.05) is 0 Å². The van der Waals surface area contributed by atoms with Crippen LogP contribution in [0.3, 0.4) is 0 Å². The molecule has 0 aromatic heterocycles. The highest BCUT2D eigenvalue weighted by Crippen LogP contribution is 2.40. The van der Waals surface area contributed by atoms with Crippen LogP contribution >= 0.6 is 0 Å². The molecule has 1 aliphatic rings. The van der Waals surface area contributed by atoms with Gasteiger partial charge >= 0.3 is 0 Å². The molecule has 0 nitrogen and oxygen atoms in total. The van der Waals surface area contributed by atoms with Gasteiger partial charge in [-0.25, -0.2) is 0 Å². The van der Waals surface area contributed by atoms with Crippen LogP contribution in [-0.4, -0.2) is 0 Å². The number of benzene rings is 2. The zero-order valence-corrected chi connectivity index (χ0v) is 14.1. The van der Waals surface area contributed by atoms with Crippen molar-refractivity contribution in [3.05, 3.63) is 77.9 Å². The molecule has 0 amide bonds. The van der Waals surface area contributed by atoms with Crippen molar-refractivity contribution in [2.75, 3.05) is 0 Å². The lowest BCUT2D eigenvalue weighted by molar-refractivity contribution is 0.871. The molecule has 0 radical (unpaired) electrons. The monoisotopic (exact) mass is 302 g/mol. The van der Waals surface area contributed by atoms with Gasteiger partial charge in [0.15, 0.2) is 0 Å². The first kappa shape index (κ1) is 15.8. The lowest BCUT2D eigenvalue weighted by Gasteiger charge is -2.13. The van der Waals surface area contributed by atoms with Crippen molar-refractivity contribution in [1.82, 2.24) is 0 Å². The van der Waals surface area contributed by atoms with Crippen LogP contribution in [-0.2, 0) is 6.42 Å². The molecule has 0 aliphatic heterocycles. The van der Waals surface area contributed by atoms with E-state index in [0.717, 1.165) is 19.3 Å². The molecule has 118 valence electrons. The molecule has 0 saturated carbocycles. The average Bonchev–Trinajstić information content (AvgIpc) is 2.97. The highest BCUT2D eigenvalue weighted by Gasteiger charge is 2.21. The molecule has 0 N–H and O–H groups in total. The van der Waals surface area contributed by atoms with Gasteiger partial charge in [-0.2, -0.15) is 0 Å². The normalized spacial score (nSPS) is 12.8. The molecular formula is C23H26. The summed E-state index contributed by atoms with van der Waals surface area (Å²) in [6.45, 7) is 6.11. The van der Waals surface area contributed by atoms with Crippen molar-refractivity contribution in [3.8, 4) is 11.1 Å². The van der Waals surface area contributed by atoms with Crippen LogP contribution in [0, 0.1) is 0 Å². The first-order valence-electron chi connectivity index (χ1n) is 8.85. The van der Waals surface area contributed by atoms with Crippen LogP contribution in [0.25, 0.3) is 16.7 Å². The van der Waals surface area contributed by atoms with Crippen molar-refractivity contribution < 1.29 is 0 Å². The zero-order chi connectivity index (χ0) is 16.1. The van der Waals surface area contributed by atoms with E-state index >= 15 is 0 Å². The largest absolute Gasteiger partial charge is 0.103 e. The SMILES string of the molecule is C=CCCCC(=CCCC)c1cccc2c1Cc1ccccc1-2. The van der Waals surface area contributed by atoms with Crippen molar-refractivity contribution in [2.45, 2.75) is 45.4 Å². The maximum Gasteiger partial charge on any atom is -0.000740 e. The van der Waals surface area contributed by atoms with Crippen molar-refractivity contribution in [2.24, 2.45) is 0 Å². The molecule has 2 aromatic rings. The van der Waals surface area contributed by atoms with E-state index in [-0.39, 0.29) is 0 Å². The number of hydrogen-bond donors (Lipinski definition) is 0. The summed E-state index contributed by atoms with van der Waals surface area (Å²) >= 11 is 0. The molecule has 0 bridgehead atoms. The highest BCUT2D eigenvalue weighted by molar-refractivity contribution is 5.83. The van der Waals surface area contributed by atoms with Crippen LogP contribution in [0.1, 0.15) is 55.7 Å². The lowest BCUT2D eigenvalue weighted by atomic mass is 9.92. The third kappa shape index (κ3) is 3.32. The van der Waals surface area contributed by atoms with Gasteiger partial charge < -0.3 is 0 Å². The third-order valence-electron chi connectivity index (χ3n) is 4.73.